The molecule has 0 aliphatic carbocycles. The highest BCUT2D eigenvalue weighted by molar-refractivity contribution is 7.22. The van der Waals surface area contributed by atoms with Crippen LogP contribution in [0.15, 0.2) is 66.9 Å². The molecule has 0 saturated heterocycles. The van der Waals surface area contributed by atoms with Crippen LogP contribution in [0.4, 0.5) is 5.13 Å². The van der Waals surface area contributed by atoms with Crippen molar-refractivity contribution in [1.29, 1.82) is 0 Å². The summed E-state index contributed by atoms with van der Waals surface area (Å²) in [5.74, 6) is -0.105. The number of aromatic nitrogens is 2. The van der Waals surface area contributed by atoms with Crippen molar-refractivity contribution < 1.29 is 4.79 Å². The van der Waals surface area contributed by atoms with E-state index in [1.807, 2.05) is 60.7 Å². The number of benzene rings is 2. The molecule has 0 aliphatic heterocycles. The van der Waals surface area contributed by atoms with Crippen LogP contribution in [-0.2, 0) is 12.0 Å². The second-order valence-corrected chi connectivity index (χ2v) is 9.59. The number of halogens is 1. The fourth-order valence-electron chi connectivity index (χ4n) is 3.15. The predicted octanol–water partition coefficient (Wildman–Crippen LogP) is 6.49. The third kappa shape index (κ3) is 4.37. The smallest absolute Gasteiger partial charge is 0.260 e. The van der Waals surface area contributed by atoms with Crippen LogP contribution in [0.3, 0.4) is 0 Å². The van der Waals surface area contributed by atoms with Gasteiger partial charge < -0.3 is 0 Å². The van der Waals surface area contributed by atoms with Crippen molar-refractivity contribution >= 4 is 44.2 Å². The van der Waals surface area contributed by atoms with Crippen molar-refractivity contribution in [3.05, 3.63) is 88.7 Å². The van der Waals surface area contributed by atoms with E-state index < -0.39 is 0 Å². The van der Waals surface area contributed by atoms with E-state index in [-0.39, 0.29) is 11.3 Å². The molecule has 0 N–H and O–H groups in total. The molecule has 4 aromatic rings. The summed E-state index contributed by atoms with van der Waals surface area (Å²) < 4.78 is 0.944. The quantitative estimate of drug-likeness (QED) is 0.368. The Balaban J connectivity index is 1.73. The van der Waals surface area contributed by atoms with Crippen molar-refractivity contribution in [2.24, 2.45) is 0 Å². The first kappa shape index (κ1) is 20.5. The van der Waals surface area contributed by atoms with Crippen molar-refractivity contribution in [2.45, 2.75) is 32.7 Å². The minimum atomic E-state index is -0.105. The Hall–Kier alpha value is -2.76. The highest BCUT2D eigenvalue weighted by Gasteiger charge is 2.23. The van der Waals surface area contributed by atoms with Crippen LogP contribution in [-0.4, -0.2) is 15.9 Å². The first-order chi connectivity index (χ1) is 14.3. The lowest BCUT2D eigenvalue weighted by Crippen LogP contribution is -2.30. The van der Waals surface area contributed by atoms with Gasteiger partial charge in [-0.25, -0.2) is 4.98 Å². The third-order valence-corrected chi connectivity index (χ3v) is 6.14. The van der Waals surface area contributed by atoms with Crippen molar-refractivity contribution in [3.63, 3.8) is 0 Å². The molecule has 0 radical (unpaired) electrons. The van der Waals surface area contributed by atoms with Gasteiger partial charge in [0.25, 0.3) is 5.91 Å². The van der Waals surface area contributed by atoms with Crippen molar-refractivity contribution in [1.82, 2.24) is 9.97 Å². The second kappa shape index (κ2) is 8.17. The summed E-state index contributed by atoms with van der Waals surface area (Å²) in [5, 5.41) is 1.28. The first-order valence-corrected chi connectivity index (χ1v) is 10.9. The van der Waals surface area contributed by atoms with Gasteiger partial charge in [0.05, 0.1) is 22.5 Å². The molecule has 0 spiro atoms. The van der Waals surface area contributed by atoms with E-state index in [1.54, 1.807) is 11.1 Å². The van der Waals surface area contributed by atoms with Crippen LogP contribution in [0.25, 0.3) is 10.2 Å². The minimum absolute atomic E-state index is 0.0293. The lowest BCUT2D eigenvalue weighted by atomic mass is 9.86. The minimum Gasteiger partial charge on any atom is -0.278 e. The van der Waals surface area contributed by atoms with E-state index in [0.29, 0.717) is 22.3 Å². The Morgan fingerprint density at radius 1 is 1.07 bits per heavy atom. The van der Waals surface area contributed by atoms with Gasteiger partial charge in [-0.05, 0) is 53.4 Å². The summed E-state index contributed by atoms with van der Waals surface area (Å²) >= 11 is 7.59. The number of rotatable bonds is 4. The van der Waals surface area contributed by atoms with Gasteiger partial charge in [0.2, 0.25) is 0 Å². The van der Waals surface area contributed by atoms with Gasteiger partial charge in [-0.2, -0.15) is 0 Å². The molecular formula is C24H22ClN3OS. The molecule has 0 unspecified atom stereocenters. The Bertz CT molecular complexity index is 1180. The zero-order chi connectivity index (χ0) is 21.3. The number of amides is 1. The molecule has 0 bridgehead atoms. The molecule has 4 nitrogen and oxygen atoms in total. The summed E-state index contributed by atoms with van der Waals surface area (Å²) in [6, 6.07) is 19.1. The van der Waals surface area contributed by atoms with Crippen molar-refractivity contribution in [3.8, 4) is 0 Å². The zero-order valence-electron chi connectivity index (χ0n) is 17.1. The molecule has 6 heteroatoms. The number of hydrogen-bond donors (Lipinski definition) is 0. The van der Waals surface area contributed by atoms with Gasteiger partial charge in [0.1, 0.15) is 0 Å². The average molecular weight is 436 g/mol. The monoisotopic (exact) mass is 435 g/mol. The second-order valence-electron chi connectivity index (χ2n) is 8.15. The maximum Gasteiger partial charge on any atom is 0.260 e. The summed E-state index contributed by atoms with van der Waals surface area (Å²) in [4.78, 5) is 24.3. The molecule has 2 aromatic heterocycles. The molecule has 2 heterocycles. The molecule has 0 saturated carbocycles. The lowest BCUT2D eigenvalue weighted by Gasteiger charge is -2.21. The molecule has 1 amide bonds. The van der Waals surface area contributed by atoms with Crippen LogP contribution in [0, 0.1) is 0 Å². The fraction of sp³-hybridized carbons (Fsp3) is 0.208. The average Bonchev–Trinajstić information content (AvgIpc) is 3.14. The SMILES string of the molecule is CC(C)(C)c1ccc(C(=O)N(Cc2ccccn2)c2nc3ccc(Cl)cc3s2)cc1. The molecule has 2 aromatic carbocycles. The van der Waals surface area contributed by atoms with Crippen LogP contribution in [0.2, 0.25) is 5.02 Å². The molecular weight excluding hydrogens is 414 g/mol. The van der Waals surface area contributed by atoms with Gasteiger partial charge in [-0.3, -0.25) is 14.7 Å². The Labute approximate surface area is 185 Å². The maximum absolute atomic E-state index is 13.5. The first-order valence-electron chi connectivity index (χ1n) is 9.70. The van der Waals surface area contributed by atoms with Crippen LogP contribution in [0.1, 0.15) is 42.4 Å². The number of nitrogens with zero attached hydrogens (tertiary/aromatic N) is 3. The van der Waals surface area contributed by atoms with Crippen molar-refractivity contribution in [2.75, 3.05) is 4.90 Å². The summed E-state index contributed by atoms with van der Waals surface area (Å²) in [7, 11) is 0. The largest absolute Gasteiger partial charge is 0.278 e. The van der Waals surface area contributed by atoms with E-state index in [9.17, 15) is 4.79 Å². The van der Waals surface area contributed by atoms with E-state index in [4.69, 9.17) is 16.6 Å². The molecule has 0 fully saturated rings. The summed E-state index contributed by atoms with van der Waals surface area (Å²) in [6.07, 6.45) is 1.73. The topological polar surface area (TPSA) is 46.1 Å². The number of hydrogen-bond acceptors (Lipinski definition) is 4. The summed E-state index contributed by atoms with van der Waals surface area (Å²) in [5.41, 5.74) is 3.46. The number of anilines is 1. The summed E-state index contributed by atoms with van der Waals surface area (Å²) in [6.45, 7) is 6.81. The van der Waals surface area contributed by atoms with Crippen LogP contribution in [0.5, 0.6) is 0 Å². The third-order valence-electron chi connectivity index (χ3n) is 4.86. The number of pyridine rings is 1. The Morgan fingerprint density at radius 3 is 2.50 bits per heavy atom. The van der Waals surface area contributed by atoms with Gasteiger partial charge in [-0.1, -0.05) is 61.9 Å². The number of carbonyl (C=O) groups excluding carboxylic acids is 1. The zero-order valence-corrected chi connectivity index (χ0v) is 18.7. The Morgan fingerprint density at radius 2 is 1.83 bits per heavy atom. The van der Waals surface area contributed by atoms with Gasteiger partial charge in [0, 0.05) is 16.8 Å². The number of carbonyl (C=O) groups is 1. The Kier molecular flexibility index (Phi) is 5.58. The number of thiazole rings is 1. The van der Waals surface area contributed by atoms with Gasteiger partial charge in [-0.15, -0.1) is 0 Å². The standard InChI is InChI=1S/C24H22ClN3OS/c1-24(2,3)17-9-7-16(8-10-17)22(29)28(15-19-6-4-5-13-26-19)23-27-20-12-11-18(25)14-21(20)30-23/h4-14H,15H2,1-3H3. The highest BCUT2D eigenvalue weighted by atomic mass is 35.5. The van der Waals surface area contributed by atoms with E-state index in [1.165, 1.54) is 16.9 Å². The van der Waals surface area contributed by atoms with Gasteiger partial charge in [0.15, 0.2) is 5.13 Å². The predicted molar refractivity (Wildman–Crippen MR) is 125 cm³/mol. The highest BCUT2D eigenvalue weighted by Crippen LogP contribution is 2.32. The van der Waals surface area contributed by atoms with E-state index in [0.717, 1.165) is 15.9 Å². The molecule has 30 heavy (non-hydrogen) atoms. The van der Waals surface area contributed by atoms with Crippen LogP contribution < -0.4 is 4.90 Å². The normalized spacial score (nSPS) is 11.6. The fourth-order valence-corrected chi connectivity index (χ4v) is 4.39. The van der Waals surface area contributed by atoms with Gasteiger partial charge >= 0.3 is 0 Å². The van der Waals surface area contributed by atoms with E-state index in [2.05, 4.69) is 25.8 Å². The number of fused-ring (bicyclic) bond motifs is 1. The van der Waals surface area contributed by atoms with E-state index >= 15 is 0 Å². The molecule has 4 rings (SSSR count). The maximum atomic E-state index is 13.5. The molecule has 152 valence electrons. The molecule has 0 atom stereocenters. The lowest BCUT2D eigenvalue weighted by molar-refractivity contribution is 0.0984. The molecule has 0 aliphatic rings. The van der Waals surface area contributed by atoms with Crippen LogP contribution >= 0.6 is 22.9 Å².